The molecule has 6 rings (SSSR count). The fourth-order valence-corrected chi connectivity index (χ4v) is 5.76. The molecule has 0 radical (unpaired) electrons. The van der Waals surface area contributed by atoms with Crippen LogP contribution in [0.4, 0.5) is 11.4 Å². The summed E-state index contributed by atoms with van der Waals surface area (Å²) < 4.78 is 0. The fourth-order valence-electron chi connectivity index (χ4n) is 5.76. The van der Waals surface area contributed by atoms with Crippen LogP contribution >= 0.6 is 0 Å². The lowest BCUT2D eigenvalue weighted by Crippen LogP contribution is -2.33. The smallest absolute Gasteiger partial charge is 0.126 e. The lowest BCUT2D eigenvalue weighted by atomic mass is 9.77. The molecule has 0 amide bonds. The first-order valence-corrected chi connectivity index (χ1v) is 12.2. The number of nitrogens with zero attached hydrogens (tertiary/aromatic N) is 3. The van der Waals surface area contributed by atoms with Gasteiger partial charge in [-0.25, -0.2) is 4.99 Å². The number of anilines is 1. The molecule has 3 aromatic rings. The summed E-state index contributed by atoms with van der Waals surface area (Å²) >= 11 is 0. The predicted octanol–water partition coefficient (Wildman–Crippen LogP) is 7.61. The van der Waals surface area contributed by atoms with Gasteiger partial charge in [0.1, 0.15) is 5.82 Å². The second-order valence-electron chi connectivity index (χ2n) is 9.96. The van der Waals surface area contributed by atoms with E-state index in [0.29, 0.717) is 0 Å². The molecular weight excluding hydrogens is 426 g/mol. The van der Waals surface area contributed by atoms with Crippen LogP contribution in [0.2, 0.25) is 0 Å². The standard InChI is InChI=1S/C32H29N3/c1-21(23-13-7-5-8-14-23)33-22(2)35-28-18-12-11-17-25(28)26-19-20-27-29(30(26)35)32(3,4)31(34-27)24-15-9-6-10-16-24/h5-17,19-20,28H,2,18H2,1,3-4H3. The molecule has 3 nitrogen and oxygen atoms in total. The van der Waals surface area contributed by atoms with Gasteiger partial charge in [-0.2, -0.15) is 0 Å². The molecule has 1 unspecified atom stereocenters. The van der Waals surface area contributed by atoms with Gasteiger partial charge in [0.15, 0.2) is 0 Å². The van der Waals surface area contributed by atoms with Crippen molar-refractivity contribution in [3.8, 4) is 0 Å². The van der Waals surface area contributed by atoms with Crippen molar-refractivity contribution in [3.63, 3.8) is 0 Å². The molecule has 0 spiro atoms. The molecule has 1 atom stereocenters. The van der Waals surface area contributed by atoms with E-state index in [0.717, 1.165) is 34.9 Å². The molecule has 1 aliphatic carbocycles. The van der Waals surface area contributed by atoms with Crippen molar-refractivity contribution in [1.29, 1.82) is 0 Å². The monoisotopic (exact) mass is 455 g/mol. The normalized spacial score (nSPS) is 19.6. The Morgan fingerprint density at radius 3 is 2.46 bits per heavy atom. The molecule has 0 bridgehead atoms. The van der Waals surface area contributed by atoms with Gasteiger partial charge in [-0.1, -0.05) is 91.5 Å². The maximum atomic E-state index is 5.16. The number of hydrogen-bond donors (Lipinski definition) is 0. The van der Waals surface area contributed by atoms with E-state index in [9.17, 15) is 0 Å². The Morgan fingerprint density at radius 2 is 1.71 bits per heavy atom. The van der Waals surface area contributed by atoms with Crippen LogP contribution < -0.4 is 4.90 Å². The molecule has 0 aromatic heterocycles. The summed E-state index contributed by atoms with van der Waals surface area (Å²) in [5.74, 6) is 0.772. The molecule has 3 heteroatoms. The Balaban J connectivity index is 1.50. The Bertz CT molecular complexity index is 1450. The number of hydrogen-bond acceptors (Lipinski definition) is 3. The van der Waals surface area contributed by atoms with Crippen molar-refractivity contribution < 1.29 is 0 Å². The van der Waals surface area contributed by atoms with Crippen LogP contribution in [0.5, 0.6) is 0 Å². The minimum Gasteiger partial charge on any atom is -0.318 e. The minimum atomic E-state index is -0.250. The zero-order chi connectivity index (χ0) is 24.2. The van der Waals surface area contributed by atoms with Crippen LogP contribution in [0.1, 0.15) is 49.4 Å². The average Bonchev–Trinajstić information content (AvgIpc) is 3.36. The number of aliphatic imine (C=N–C) groups is 2. The Hall–Kier alpha value is -3.98. The maximum absolute atomic E-state index is 5.16. The van der Waals surface area contributed by atoms with Crippen molar-refractivity contribution >= 4 is 28.4 Å². The molecule has 3 aliphatic rings. The molecule has 3 aromatic carbocycles. The van der Waals surface area contributed by atoms with Crippen molar-refractivity contribution in [2.75, 3.05) is 4.90 Å². The molecule has 0 saturated carbocycles. The van der Waals surface area contributed by atoms with Crippen LogP contribution in [0.3, 0.4) is 0 Å². The summed E-state index contributed by atoms with van der Waals surface area (Å²) in [6.07, 6.45) is 7.60. The zero-order valence-electron chi connectivity index (χ0n) is 20.5. The van der Waals surface area contributed by atoms with Crippen molar-refractivity contribution in [3.05, 3.63) is 126 Å². The Kier molecular flexibility index (Phi) is 4.96. The van der Waals surface area contributed by atoms with Crippen LogP contribution in [0.25, 0.3) is 5.57 Å². The molecular formula is C32H29N3. The summed E-state index contributed by atoms with van der Waals surface area (Å²) in [5, 5.41) is 0. The van der Waals surface area contributed by atoms with E-state index in [2.05, 4.69) is 105 Å². The quantitative estimate of drug-likeness (QED) is 0.372. The largest absolute Gasteiger partial charge is 0.318 e. The highest BCUT2D eigenvalue weighted by molar-refractivity contribution is 6.14. The average molecular weight is 456 g/mol. The van der Waals surface area contributed by atoms with Gasteiger partial charge in [-0.05, 0) is 50.0 Å². The molecule has 172 valence electrons. The summed E-state index contributed by atoms with van der Waals surface area (Å²) in [6, 6.07) is 25.5. The van der Waals surface area contributed by atoms with E-state index in [1.807, 2.05) is 18.2 Å². The Morgan fingerprint density at radius 1 is 1.00 bits per heavy atom. The lowest BCUT2D eigenvalue weighted by Gasteiger charge is -2.32. The highest BCUT2D eigenvalue weighted by atomic mass is 15.3. The minimum absolute atomic E-state index is 0.192. The van der Waals surface area contributed by atoms with Crippen molar-refractivity contribution in [2.24, 2.45) is 9.98 Å². The molecule has 0 saturated heterocycles. The van der Waals surface area contributed by atoms with Crippen molar-refractivity contribution in [2.45, 2.75) is 38.6 Å². The molecule has 2 heterocycles. The predicted molar refractivity (Wildman–Crippen MR) is 148 cm³/mol. The number of fused-ring (bicyclic) bond motifs is 5. The fraction of sp³-hybridized carbons (Fsp3) is 0.188. The van der Waals surface area contributed by atoms with E-state index in [-0.39, 0.29) is 11.5 Å². The summed E-state index contributed by atoms with van der Waals surface area (Å²) in [4.78, 5) is 12.6. The third-order valence-electron chi connectivity index (χ3n) is 7.41. The molecule has 0 N–H and O–H groups in total. The van der Waals surface area contributed by atoms with Gasteiger partial charge < -0.3 is 4.90 Å². The first kappa shape index (κ1) is 21.5. The van der Waals surface area contributed by atoms with E-state index >= 15 is 0 Å². The van der Waals surface area contributed by atoms with E-state index in [4.69, 9.17) is 9.98 Å². The van der Waals surface area contributed by atoms with E-state index < -0.39 is 0 Å². The van der Waals surface area contributed by atoms with Crippen LogP contribution in [-0.2, 0) is 5.41 Å². The molecule has 2 aliphatic heterocycles. The topological polar surface area (TPSA) is 28.0 Å². The second kappa shape index (κ2) is 8.06. The molecule has 35 heavy (non-hydrogen) atoms. The Labute approximate surface area is 207 Å². The van der Waals surface area contributed by atoms with Gasteiger partial charge in [0.05, 0.1) is 23.1 Å². The highest BCUT2D eigenvalue weighted by Gasteiger charge is 2.45. The van der Waals surface area contributed by atoms with Crippen molar-refractivity contribution in [1.82, 2.24) is 0 Å². The maximum Gasteiger partial charge on any atom is 0.126 e. The van der Waals surface area contributed by atoms with Gasteiger partial charge in [-0.3, -0.25) is 4.99 Å². The second-order valence-corrected chi connectivity index (χ2v) is 9.96. The van der Waals surface area contributed by atoms with Gasteiger partial charge in [-0.15, -0.1) is 0 Å². The van der Waals surface area contributed by atoms with Gasteiger partial charge >= 0.3 is 0 Å². The highest BCUT2D eigenvalue weighted by Crippen LogP contribution is 2.55. The third-order valence-corrected chi connectivity index (χ3v) is 7.41. The van der Waals surface area contributed by atoms with Gasteiger partial charge in [0.25, 0.3) is 0 Å². The lowest BCUT2D eigenvalue weighted by molar-refractivity contribution is 0.723. The summed E-state index contributed by atoms with van der Waals surface area (Å²) in [7, 11) is 0. The third kappa shape index (κ3) is 3.34. The molecule has 0 fully saturated rings. The first-order valence-electron chi connectivity index (χ1n) is 12.2. The number of benzene rings is 3. The van der Waals surface area contributed by atoms with E-state index in [1.165, 1.54) is 28.0 Å². The zero-order valence-corrected chi connectivity index (χ0v) is 20.5. The van der Waals surface area contributed by atoms with Crippen LogP contribution in [-0.4, -0.2) is 17.5 Å². The summed E-state index contributed by atoms with van der Waals surface area (Å²) in [6.45, 7) is 11.1. The van der Waals surface area contributed by atoms with Crippen LogP contribution in [0.15, 0.2) is 113 Å². The van der Waals surface area contributed by atoms with Gasteiger partial charge in [0.2, 0.25) is 0 Å². The number of rotatable bonds is 4. The van der Waals surface area contributed by atoms with E-state index in [1.54, 1.807) is 0 Å². The van der Waals surface area contributed by atoms with Gasteiger partial charge in [0, 0.05) is 22.3 Å². The number of allylic oxidation sites excluding steroid dienone is 2. The summed E-state index contributed by atoms with van der Waals surface area (Å²) in [5.41, 5.74) is 10.2. The van der Waals surface area contributed by atoms with Crippen LogP contribution in [0, 0.1) is 0 Å². The SMILES string of the molecule is C=C(N=C(C)c1ccccc1)N1c2c(ccc3c2C(C)(C)C(c2ccccc2)=N3)C2=CC=CCC21. The first-order chi connectivity index (χ1) is 17.0.